The summed E-state index contributed by atoms with van der Waals surface area (Å²) >= 11 is 0. The van der Waals surface area contributed by atoms with E-state index in [1.54, 1.807) is 11.1 Å². The average molecular weight is 466 g/mol. The van der Waals surface area contributed by atoms with Crippen molar-refractivity contribution in [1.82, 2.24) is 9.80 Å². The second-order valence-electron chi connectivity index (χ2n) is 9.13. The van der Waals surface area contributed by atoms with E-state index in [9.17, 15) is 0 Å². The Labute approximate surface area is 200 Å². The summed E-state index contributed by atoms with van der Waals surface area (Å²) in [6.07, 6.45) is 6.91. The van der Waals surface area contributed by atoms with Gasteiger partial charge in [-0.15, -0.1) is 24.8 Å². The van der Waals surface area contributed by atoms with E-state index in [2.05, 4.69) is 64.4 Å². The number of fused-ring (bicyclic) bond motifs is 3. The highest BCUT2D eigenvalue weighted by molar-refractivity contribution is 5.85. The van der Waals surface area contributed by atoms with Crippen LogP contribution in [0.1, 0.15) is 60.6 Å². The largest absolute Gasteiger partial charge is 0.412 e. The molecule has 31 heavy (non-hydrogen) atoms. The van der Waals surface area contributed by atoms with Gasteiger partial charge in [-0.2, -0.15) is 0 Å². The van der Waals surface area contributed by atoms with Crippen LogP contribution >= 0.6 is 24.8 Å². The van der Waals surface area contributed by atoms with Crippen molar-refractivity contribution in [3.8, 4) is 0 Å². The van der Waals surface area contributed by atoms with Crippen molar-refractivity contribution >= 4 is 24.8 Å². The van der Waals surface area contributed by atoms with Gasteiger partial charge in [-0.1, -0.05) is 61.0 Å². The minimum Gasteiger partial charge on any atom is -0.412 e. The normalized spacial score (nSPS) is 25.4. The number of likely N-dealkylation sites (tertiary alicyclic amines) is 2. The van der Waals surface area contributed by atoms with Gasteiger partial charge in [0.2, 0.25) is 0 Å². The van der Waals surface area contributed by atoms with Crippen molar-refractivity contribution < 1.29 is 5.48 Å². The van der Waals surface area contributed by atoms with Gasteiger partial charge >= 0.3 is 0 Å². The first-order valence-electron chi connectivity index (χ1n) is 11.5. The minimum absolute atomic E-state index is 0. The molecule has 0 saturated carbocycles. The van der Waals surface area contributed by atoms with E-state index in [1.165, 1.54) is 76.9 Å². The van der Waals surface area contributed by atoms with Crippen LogP contribution in [0.15, 0.2) is 54.6 Å². The van der Waals surface area contributed by atoms with E-state index in [0.29, 0.717) is 5.92 Å². The van der Waals surface area contributed by atoms with Gasteiger partial charge in [0.25, 0.3) is 0 Å². The summed E-state index contributed by atoms with van der Waals surface area (Å²) in [6, 6.07) is 20.5. The summed E-state index contributed by atoms with van der Waals surface area (Å²) < 4.78 is 0. The lowest BCUT2D eigenvalue weighted by Gasteiger charge is -2.38. The number of piperidine rings is 2. The van der Waals surface area contributed by atoms with Gasteiger partial charge in [0.05, 0.1) is 0 Å². The lowest BCUT2D eigenvalue weighted by molar-refractivity contribution is 0.141. The lowest BCUT2D eigenvalue weighted by Crippen LogP contribution is -2.41. The molecule has 0 amide bonds. The Kier molecular flexibility index (Phi) is 10.3. The Morgan fingerprint density at radius 3 is 2.10 bits per heavy atom. The van der Waals surface area contributed by atoms with Crippen LogP contribution in [0.5, 0.6) is 0 Å². The van der Waals surface area contributed by atoms with E-state index >= 15 is 0 Å². The molecule has 2 saturated heterocycles. The molecule has 1 unspecified atom stereocenters. The maximum Gasteiger partial charge on any atom is 0.0138 e. The third-order valence-corrected chi connectivity index (χ3v) is 7.46. The van der Waals surface area contributed by atoms with E-state index in [-0.39, 0.29) is 30.3 Å². The fraction of sp³-hybridized carbons (Fsp3) is 0.538. The van der Waals surface area contributed by atoms with Gasteiger partial charge in [0.1, 0.15) is 0 Å². The maximum atomic E-state index is 2.77. The molecule has 2 heterocycles. The molecule has 2 aliphatic heterocycles. The number of hydrogen-bond acceptors (Lipinski definition) is 2. The van der Waals surface area contributed by atoms with Gasteiger partial charge in [-0.25, -0.2) is 0 Å². The first kappa shape index (κ1) is 26.2. The lowest BCUT2D eigenvalue weighted by atomic mass is 9.79. The SMILES string of the molecule is Cl.Cl.O.c1ccc(C2c3ccccc3[C@@H]3CCN(CCCN4CCCCC4)C[C@H]23)cc1. The van der Waals surface area contributed by atoms with E-state index in [0.717, 1.165) is 11.8 Å². The van der Waals surface area contributed by atoms with Gasteiger partial charge in [0, 0.05) is 12.5 Å². The fourth-order valence-electron chi connectivity index (χ4n) is 6.13. The third-order valence-electron chi connectivity index (χ3n) is 7.46. The summed E-state index contributed by atoms with van der Waals surface area (Å²) in [7, 11) is 0. The molecule has 0 bridgehead atoms. The monoisotopic (exact) mass is 464 g/mol. The molecule has 2 fully saturated rings. The van der Waals surface area contributed by atoms with Crippen LogP contribution in [-0.2, 0) is 0 Å². The summed E-state index contributed by atoms with van der Waals surface area (Å²) in [4.78, 5) is 5.46. The second-order valence-corrected chi connectivity index (χ2v) is 9.13. The standard InChI is InChI=1S/C26H34N2.2ClH.H2O/c1-3-10-21(11-4-1)26-24-13-6-5-12-22(24)23-14-19-28(20-25(23)26)18-9-17-27-15-7-2-8-16-27;;;/h1,3-6,10-13,23,25-26H,2,7-9,14-20H2;2*1H;1H2/t23-,25-,26?;;;/m0.../s1. The van der Waals surface area contributed by atoms with Crippen LogP contribution in [0.3, 0.4) is 0 Å². The van der Waals surface area contributed by atoms with E-state index in [1.807, 2.05) is 0 Å². The van der Waals surface area contributed by atoms with Crippen LogP contribution in [0.4, 0.5) is 0 Å². The minimum atomic E-state index is 0. The van der Waals surface area contributed by atoms with Crippen LogP contribution in [-0.4, -0.2) is 54.5 Å². The van der Waals surface area contributed by atoms with Crippen molar-refractivity contribution in [2.75, 3.05) is 39.3 Å². The molecule has 172 valence electrons. The van der Waals surface area contributed by atoms with E-state index < -0.39 is 0 Å². The molecule has 3 nitrogen and oxygen atoms in total. The molecule has 0 spiro atoms. The number of rotatable bonds is 5. The second kappa shape index (κ2) is 12.2. The van der Waals surface area contributed by atoms with Crippen molar-refractivity contribution in [2.24, 2.45) is 5.92 Å². The topological polar surface area (TPSA) is 38.0 Å². The van der Waals surface area contributed by atoms with Gasteiger partial charge < -0.3 is 15.3 Å². The molecule has 3 atom stereocenters. The first-order valence-corrected chi connectivity index (χ1v) is 11.5. The fourth-order valence-corrected chi connectivity index (χ4v) is 6.13. The average Bonchev–Trinajstić information content (AvgIpc) is 3.09. The molecule has 0 radical (unpaired) electrons. The van der Waals surface area contributed by atoms with Crippen LogP contribution in [0.2, 0.25) is 0 Å². The van der Waals surface area contributed by atoms with Crippen molar-refractivity contribution in [3.63, 3.8) is 0 Å². The quantitative estimate of drug-likeness (QED) is 0.614. The number of halogens is 2. The predicted octanol–water partition coefficient (Wildman–Crippen LogP) is 5.13. The molecular weight excluding hydrogens is 427 g/mol. The molecule has 2 aromatic rings. The Balaban J connectivity index is 0.00000114. The first-order chi connectivity index (χ1) is 13.9. The van der Waals surface area contributed by atoms with Crippen molar-refractivity contribution in [2.45, 2.75) is 43.9 Å². The Morgan fingerprint density at radius 1 is 0.710 bits per heavy atom. The summed E-state index contributed by atoms with van der Waals surface area (Å²) in [5.41, 5.74) is 4.74. The molecule has 1 aliphatic carbocycles. The Hall–Kier alpha value is -1.10. The highest BCUT2D eigenvalue weighted by atomic mass is 35.5. The highest BCUT2D eigenvalue weighted by Crippen LogP contribution is 2.52. The third kappa shape index (κ3) is 5.64. The molecule has 5 heteroatoms. The molecule has 2 aromatic carbocycles. The molecule has 3 aliphatic rings. The smallest absolute Gasteiger partial charge is 0.0138 e. The number of nitrogens with zero attached hydrogens (tertiary/aromatic N) is 2. The molecule has 5 rings (SSSR count). The van der Waals surface area contributed by atoms with Crippen molar-refractivity contribution in [1.29, 1.82) is 0 Å². The van der Waals surface area contributed by atoms with E-state index in [4.69, 9.17) is 0 Å². The van der Waals surface area contributed by atoms with Crippen LogP contribution in [0.25, 0.3) is 0 Å². The van der Waals surface area contributed by atoms with Gasteiger partial charge in [-0.05, 0) is 86.9 Å². The summed E-state index contributed by atoms with van der Waals surface area (Å²) in [5, 5.41) is 0. The predicted molar refractivity (Wildman–Crippen MR) is 135 cm³/mol. The molecule has 2 N–H and O–H groups in total. The molecular formula is C26H38Cl2N2O. The Bertz CT molecular complexity index is 782. The molecule has 0 aromatic heterocycles. The zero-order valence-electron chi connectivity index (χ0n) is 18.4. The summed E-state index contributed by atoms with van der Waals surface area (Å²) in [6.45, 7) is 7.77. The van der Waals surface area contributed by atoms with Crippen LogP contribution < -0.4 is 0 Å². The zero-order chi connectivity index (χ0) is 18.8. The van der Waals surface area contributed by atoms with Crippen LogP contribution in [0, 0.1) is 5.92 Å². The summed E-state index contributed by atoms with van der Waals surface area (Å²) in [5.74, 6) is 2.07. The number of benzene rings is 2. The maximum absolute atomic E-state index is 2.77. The van der Waals surface area contributed by atoms with Gasteiger partial charge in [0.15, 0.2) is 0 Å². The zero-order valence-corrected chi connectivity index (χ0v) is 20.1. The van der Waals surface area contributed by atoms with Crippen molar-refractivity contribution in [3.05, 3.63) is 71.3 Å². The van der Waals surface area contributed by atoms with Gasteiger partial charge in [-0.3, -0.25) is 0 Å². The number of hydrogen-bond donors (Lipinski definition) is 0. The highest BCUT2D eigenvalue weighted by Gasteiger charge is 2.43. The Morgan fingerprint density at radius 2 is 1.35 bits per heavy atom.